The molecule has 0 aliphatic heterocycles. The molecule has 0 bridgehead atoms. The summed E-state index contributed by atoms with van der Waals surface area (Å²) in [6.07, 6.45) is 1.63. The Kier molecular flexibility index (Phi) is 5.69. The fourth-order valence-electron chi connectivity index (χ4n) is 3.05. The summed E-state index contributed by atoms with van der Waals surface area (Å²) < 4.78 is 27.9. The van der Waals surface area contributed by atoms with E-state index in [1.54, 1.807) is 25.3 Å². The minimum absolute atomic E-state index is 0.0321. The van der Waals surface area contributed by atoms with Crippen LogP contribution >= 0.6 is 23.4 Å². The first-order chi connectivity index (χ1) is 14.3. The number of fused-ring (bicyclic) bond motifs is 1. The van der Waals surface area contributed by atoms with Crippen molar-refractivity contribution >= 4 is 50.1 Å². The SMILES string of the molecule is Cc1cc(Cl)ccc1S(=O)(=O)Nc1ncc(Sc2ccc3ccccc3c2)c(C)n1. The molecule has 0 amide bonds. The Morgan fingerprint density at radius 1 is 0.967 bits per heavy atom. The van der Waals surface area contributed by atoms with E-state index < -0.39 is 10.0 Å². The number of nitrogens with one attached hydrogen (secondary N) is 1. The smallest absolute Gasteiger partial charge is 0.247 e. The van der Waals surface area contributed by atoms with Gasteiger partial charge in [-0.1, -0.05) is 53.7 Å². The quantitative estimate of drug-likeness (QED) is 0.408. The first-order valence-corrected chi connectivity index (χ1v) is 11.8. The monoisotopic (exact) mass is 455 g/mol. The van der Waals surface area contributed by atoms with Crippen molar-refractivity contribution in [2.45, 2.75) is 28.5 Å². The predicted octanol–water partition coefficient (Wildman–Crippen LogP) is 5.85. The molecule has 0 saturated carbocycles. The molecule has 0 fully saturated rings. The third kappa shape index (κ3) is 4.43. The lowest BCUT2D eigenvalue weighted by Gasteiger charge is -2.11. The summed E-state index contributed by atoms with van der Waals surface area (Å²) in [6.45, 7) is 3.52. The van der Waals surface area contributed by atoms with E-state index in [-0.39, 0.29) is 10.8 Å². The summed E-state index contributed by atoms with van der Waals surface area (Å²) in [4.78, 5) is 10.6. The number of benzene rings is 3. The van der Waals surface area contributed by atoms with Crippen LogP contribution in [0.15, 0.2) is 81.5 Å². The molecule has 30 heavy (non-hydrogen) atoms. The fourth-order valence-corrected chi connectivity index (χ4v) is 5.33. The van der Waals surface area contributed by atoms with E-state index in [2.05, 4.69) is 39.0 Å². The van der Waals surface area contributed by atoms with Gasteiger partial charge in [0.15, 0.2) is 0 Å². The van der Waals surface area contributed by atoms with Crippen LogP contribution in [0.3, 0.4) is 0 Å². The van der Waals surface area contributed by atoms with E-state index in [4.69, 9.17) is 11.6 Å². The van der Waals surface area contributed by atoms with Crippen LogP contribution < -0.4 is 4.72 Å². The Bertz CT molecular complexity index is 1360. The van der Waals surface area contributed by atoms with Gasteiger partial charge in [-0.2, -0.15) is 0 Å². The van der Waals surface area contributed by atoms with Gasteiger partial charge in [0.2, 0.25) is 5.95 Å². The number of hydrogen-bond donors (Lipinski definition) is 1. The molecule has 4 rings (SSSR count). The Hall–Kier alpha value is -2.61. The van der Waals surface area contributed by atoms with Crippen LogP contribution in [-0.2, 0) is 10.0 Å². The van der Waals surface area contributed by atoms with Crippen LogP contribution in [0.4, 0.5) is 5.95 Å². The van der Waals surface area contributed by atoms with Gasteiger partial charge >= 0.3 is 0 Å². The van der Waals surface area contributed by atoms with Crippen molar-refractivity contribution in [1.82, 2.24) is 9.97 Å². The van der Waals surface area contributed by atoms with Crippen molar-refractivity contribution in [3.8, 4) is 0 Å². The fraction of sp³-hybridized carbons (Fsp3) is 0.0909. The van der Waals surface area contributed by atoms with Crippen molar-refractivity contribution in [3.63, 3.8) is 0 Å². The van der Waals surface area contributed by atoms with Crippen LogP contribution in [0.2, 0.25) is 5.02 Å². The first-order valence-electron chi connectivity index (χ1n) is 9.11. The zero-order valence-corrected chi connectivity index (χ0v) is 18.6. The number of sulfonamides is 1. The highest BCUT2D eigenvalue weighted by atomic mass is 35.5. The molecular formula is C22H18ClN3O2S2. The third-order valence-electron chi connectivity index (χ3n) is 4.54. The number of anilines is 1. The minimum Gasteiger partial charge on any atom is -0.247 e. The summed E-state index contributed by atoms with van der Waals surface area (Å²) in [5.41, 5.74) is 1.24. The van der Waals surface area contributed by atoms with Crippen LogP contribution in [-0.4, -0.2) is 18.4 Å². The lowest BCUT2D eigenvalue weighted by molar-refractivity contribution is 0.600. The maximum atomic E-state index is 12.7. The van der Waals surface area contributed by atoms with Crippen LogP contribution in [0.1, 0.15) is 11.3 Å². The van der Waals surface area contributed by atoms with E-state index in [9.17, 15) is 8.42 Å². The normalized spacial score (nSPS) is 11.6. The summed E-state index contributed by atoms with van der Waals surface area (Å²) in [5, 5.41) is 2.81. The number of aromatic nitrogens is 2. The standard InChI is InChI=1S/C22H18ClN3O2S2/c1-14-11-18(23)8-10-21(14)30(27,28)26-22-24-13-20(15(2)25-22)29-19-9-7-16-5-3-4-6-17(16)12-19/h3-13H,1-2H3,(H,24,25,26). The van der Waals surface area contributed by atoms with E-state index in [0.717, 1.165) is 15.2 Å². The van der Waals surface area contributed by atoms with Gasteiger partial charge in [-0.05, 0) is 60.5 Å². The van der Waals surface area contributed by atoms with Crippen LogP contribution in [0.5, 0.6) is 0 Å². The Morgan fingerprint density at radius 3 is 2.47 bits per heavy atom. The Morgan fingerprint density at radius 2 is 1.73 bits per heavy atom. The molecule has 0 radical (unpaired) electrons. The van der Waals surface area contributed by atoms with E-state index in [1.807, 2.05) is 25.1 Å². The van der Waals surface area contributed by atoms with Gasteiger partial charge in [0, 0.05) is 16.1 Å². The van der Waals surface area contributed by atoms with Gasteiger partial charge in [0.05, 0.1) is 15.5 Å². The maximum Gasteiger partial charge on any atom is 0.264 e. The zero-order chi connectivity index (χ0) is 21.3. The highest BCUT2D eigenvalue weighted by Crippen LogP contribution is 2.32. The Labute approximate surface area is 184 Å². The van der Waals surface area contributed by atoms with E-state index in [1.165, 1.54) is 23.2 Å². The summed E-state index contributed by atoms with van der Waals surface area (Å²) in [7, 11) is -3.81. The second-order valence-electron chi connectivity index (χ2n) is 6.77. The maximum absolute atomic E-state index is 12.7. The molecule has 1 N–H and O–H groups in total. The van der Waals surface area contributed by atoms with Gasteiger partial charge in [-0.25, -0.2) is 23.1 Å². The average Bonchev–Trinajstić information content (AvgIpc) is 2.69. The van der Waals surface area contributed by atoms with Crippen LogP contribution in [0, 0.1) is 13.8 Å². The molecule has 1 aromatic heterocycles. The molecule has 152 valence electrons. The minimum atomic E-state index is -3.81. The summed E-state index contributed by atoms with van der Waals surface area (Å²) in [5.74, 6) is 0.0321. The lowest BCUT2D eigenvalue weighted by Crippen LogP contribution is -2.16. The zero-order valence-electron chi connectivity index (χ0n) is 16.3. The van der Waals surface area contributed by atoms with E-state index in [0.29, 0.717) is 16.3 Å². The molecular weight excluding hydrogens is 438 g/mol. The largest absolute Gasteiger partial charge is 0.264 e. The molecule has 0 saturated heterocycles. The van der Waals surface area contributed by atoms with Crippen molar-refractivity contribution in [2.24, 2.45) is 0 Å². The van der Waals surface area contributed by atoms with Crippen molar-refractivity contribution in [1.29, 1.82) is 0 Å². The molecule has 0 spiro atoms. The number of nitrogens with zero attached hydrogens (tertiary/aromatic N) is 2. The average molecular weight is 456 g/mol. The van der Waals surface area contributed by atoms with Gasteiger partial charge in [-0.15, -0.1) is 0 Å². The molecule has 8 heteroatoms. The molecule has 1 heterocycles. The number of hydrogen-bond acceptors (Lipinski definition) is 5. The third-order valence-corrected chi connectivity index (χ3v) is 7.37. The molecule has 0 atom stereocenters. The lowest BCUT2D eigenvalue weighted by atomic mass is 10.1. The summed E-state index contributed by atoms with van der Waals surface area (Å²) >= 11 is 7.46. The summed E-state index contributed by atoms with van der Waals surface area (Å²) in [6, 6.07) is 19.0. The molecule has 0 aliphatic rings. The second-order valence-corrected chi connectivity index (χ2v) is 9.97. The number of halogens is 1. The Balaban J connectivity index is 1.56. The molecule has 0 aliphatic carbocycles. The molecule has 0 unspecified atom stereocenters. The number of aryl methyl sites for hydroxylation is 2. The van der Waals surface area contributed by atoms with Gasteiger partial charge in [0.25, 0.3) is 10.0 Å². The van der Waals surface area contributed by atoms with Crippen molar-refractivity contribution in [2.75, 3.05) is 4.72 Å². The van der Waals surface area contributed by atoms with E-state index >= 15 is 0 Å². The van der Waals surface area contributed by atoms with Gasteiger partial charge in [0.1, 0.15) is 0 Å². The highest BCUT2D eigenvalue weighted by molar-refractivity contribution is 7.99. The van der Waals surface area contributed by atoms with Crippen molar-refractivity contribution < 1.29 is 8.42 Å². The first kappa shape index (κ1) is 20.7. The van der Waals surface area contributed by atoms with Crippen molar-refractivity contribution in [3.05, 3.63) is 83.1 Å². The van der Waals surface area contributed by atoms with Gasteiger partial charge in [-0.3, -0.25) is 0 Å². The highest BCUT2D eigenvalue weighted by Gasteiger charge is 2.19. The van der Waals surface area contributed by atoms with Crippen LogP contribution in [0.25, 0.3) is 10.8 Å². The molecule has 3 aromatic carbocycles. The predicted molar refractivity (Wildman–Crippen MR) is 122 cm³/mol. The second kappa shape index (κ2) is 8.26. The molecule has 4 aromatic rings. The van der Waals surface area contributed by atoms with Gasteiger partial charge < -0.3 is 0 Å². The topological polar surface area (TPSA) is 72.0 Å². The molecule has 5 nitrogen and oxygen atoms in total. The number of rotatable bonds is 5.